The van der Waals surface area contributed by atoms with Gasteiger partial charge in [-0.15, -0.1) is 0 Å². The minimum Gasteiger partial charge on any atom is -0.384 e. The van der Waals surface area contributed by atoms with Crippen molar-refractivity contribution in [1.29, 1.82) is 0 Å². The van der Waals surface area contributed by atoms with Crippen molar-refractivity contribution in [1.82, 2.24) is 10.2 Å². The fraction of sp³-hybridized carbons (Fsp3) is 0.562. The van der Waals surface area contributed by atoms with Gasteiger partial charge in [0.15, 0.2) is 0 Å². The van der Waals surface area contributed by atoms with E-state index >= 15 is 0 Å². The number of fused-ring (bicyclic) bond motifs is 1. The summed E-state index contributed by atoms with van der Waals surface area (Å²) >= 11 is 0. The van der Waals surface area contributed by atoms with Crippen LogP contribution in [0.5, 0.6) is 0 Å². The van der Waals surface area contributed by atoms with E-state index in [-0.39, 0.29) is 11.8 Å². The van der Waals surface area contributed by atoms with E-state index in [9.17, 15) is 4.79 Å². The smallest absolute Gasteiger partial charge is 0.225 e. The highest BCUT2D eigenvalue weighted by atomic mass is 16.2. The number of carbonyl (C=O) groups excluding carboxylic acids is 1. The lowest BCUT2D eigenvalue weighted by Crippen LogP contribution is -2.49. The van der Waals surface area contributed by atoms with Crippen LogP contribution in [0.4, 0.5) is 5.69 Å². The van der Waals surface area contributed by atoms with E-state index in [2.05, 4.69) is 34.7 Å². The molecule has 1 aromatic carbocycles. The fourth-order valence-electron chi connectivity index (χ4n) is 3.23. The Kier molecular flexibility index (Phi) is 3.92. The van der Waals surface area contributed by atoms with Crippen LogP contribution in [0.25, 0.3) is 0 Å². The van der Waals surface area contributed by atoms with Crippen LogP contribution in [0, 0.1) is 5.92 Å². The molecule has 20 heavy (non-hydrogen) atoms. The van der Waals surface area contributed by atoms with E-state index in [4.69, 9.17) is 0 Å². The van der Waals surface area contributed by atoms with Crippen molar-refractivity contribution in [3.63, 3.8) is 0 Å². The highest BCUT2D eigenvalue weighted by Gasteiger charge is 2.27. The standard InChI is InChI=1S/C16H23N3O/c1-19-8-4-6-14(11-19)18-16(20)13-9-12-5-2-3-7-15(12)17-10-13/h2-3,5,7,13-14,17H,4,6,8-11H2,1H3,(H,18,20). The van der Waals surface area contributed by atoms with Gasteiger partial charge in [-0.3, -0.25) is 4.79 Å². The van der Waals surface area contributed by atoms with Gasteiger partial charge in [0.25, 0.3) is 0 Å². The van der Waals surface area contributed by atoms with Crippen LogP contribution in [0.1, 0.15) is 18.4 Å². The third kappa shape index (κ3) is 2.96. The molecule has 1 amide bonds. The van der Waals surface area contributed by atoms with E-state index in [1.54, 1.807) is 0 Å². The van der Waals surface area contributed by atoms with Crippen molar-refractivity contribution in [2.24, 2.45) is 5.92 Å². The number of hydrogen-bond donors (Lipinski definition) is 2. The molecule has 108 valence electrons. The average molecular weight is 273 g/mol. The number of rotatable bonds is 2. The second-order valence-corrected chi connectivity index (χ2v) is 6.05. The zero-order valence-electron chi connectivity index (χ0n) is 12.1. The molecule has 2 heterocycles. The lowest BCUT2D eigenvalue weighted by Gasteiger charge is -2.32. The van der Waals surface area contributed by atoms with E-state index < -0.39 is 0 Å². The maximum atomic E-state index is 12.4. The Morgan fingerprint density at radius 1 is 1.40 bits per heavy atom. The summed E-state index contributed by atoms with van der Waals surface area (Å²) in [5.41, 5.74) is 2.42. The summed E-state index contributed by atoms with van der Waals surface area (Å²) in [6, 6.07) is 8.58. The van der Waals surface area contributed by atoms with Crippen molar-refractivity contribution in [2.75, 3.05) is 32.0 Å². The van der Waals surface area contributed by atoms with E-state index in [0.717, 1.165) is 32.5 Å². The monoisotopic (exact) mass is 273 g/mol. The summed E-state index contributed by atoms with van der Waals surface area (Å²) < 4.78 is 0. The molecule has 2 atom stereocenters. The first kappa shape index (κ1) is 13.4. The van der Waals surface area contributed by atoms with Crippen molar-refractivity contribution in [3.05, 3.63) is 29.8 Å². The number of nitrogens with zero attached hydrogens (tertiary/aromatic N) is 1. The minimum absolute atomic E-state index is 0.0529. The van der Waals surface area contributed by atoms with Gasteiger partial charge in [-0.1, -0.05) is 18.2 Å². The average Bonchev–Trinajstić information content (AvgIpc) is 2.47. The Morgan fingerprint density at radius 2 is 2.25 bits per heavy atom. The molecule has 0 saturated carbocycles. The van der Waals surface area contributed by atoms with Crippen LogP contribution in [0.3, 0.4) is 0 Å². The van der Waals surface area contributed by atoms with Gasteiger partial charge in [0.1, 0.15) is 0 Å². The molecule has 2 aliphatic heterocycles. The molecular formula is C16H23N3O. The second kappa shape index (κ2) is 5.83. The third-order valence-corrected chi connectivity index (χ3v) is 4.36. The van der Waals surface area contributed by atoms with E-state index in [1.807, 2.05) is 12.1 Å². The molecule has 2 N–H and O–H groups in total. The van der Waals surface area contributed by atoms with Crippen molar-refractivity contribution < 1.29 is 4.79 Å². The summed E-state index contributed by atoms with van der Waals surface area (Å²) in [4.78, 5) is 14.7. The van der Waals surface area contributed by atoms with Gasteiger partial charge in [0.05, 0.1) is 5.92 Å². The van der Waals surface area contributed by atoms with Crippen molar-refractivity contribution in [3.8, 4) is 0 Å². The molecule has 2 aliphatic rings. The first-order chi connectivity index (χ1) is 9.72. The Bertz CT molecular complexity index is 488. The van der Waals surface area contributed by atoms with Crippen LogP contribution >= 0.6 is 0 Å². The molecule has 0 bridgehead atoms. The molecule has 3 rings (SSSR count). The lowest BCUT2D eigenvalue weighted by molar-refractivity contribution is -0.125. The number of para-hydroxylation sites is 1. The number of anilines is 1. The highest BCUT2D eigenvalue weighted by Crippen LogP contribution is 2.24. The predicted molar refractivity (Wildman–Crippen MR) is 80.8 cm³/mol. The van der Waals surface area contributed by atoms with E-state index in [0.29, 0.717) is 6.04 Å². The summed E-state index contributed by atoms with van der Waals surface area (Å²) in [5.74, 6) is 0.254. The molecule has 1 saturated heterocycles. The lowest BCUT2D eigenvalue weighted by atomic mass is 9.92. The largest absolute Gasteiger partial charge is 0.384 e. The number of likely N-dealkylation sites (N-methyl/N-ethyl adjacent to an activating group) is 1. The highest BCUT2D eigenvalue weighted by molar-refractivity contribution is 5.81. The Hall–Kier alpha value is -1.55. The molecule has 2 unspecified atom stereocenters. The summed E-state index contributed by atoms with van der Waals surface area (Å²) in [6.45, 7) is 2.86. The first-order valence-corrected chi connectivity index (χ1v) is 7.53. The molecule has 0 aromatic heterocycles. The van der Waals surface area contributed by atoms with Crippen LogP contribution in [-0.4, -0.2) is 43.5 Å². The normalized spacial score (nSPS) is 26.4. The quantitative estimate of drug-likeness (QED) is 0.858. The zero-order chi connectivity index (χ0) is 13.9. The minimum atomic E-state index is 0.0529. The fourth-order valence-corrected chi connectivity index (χ4v) is 3.23. The van der Waals surface area contributed by atoms with Crippen molar-refractivity contribution in [2.45, 2.75) is 25.3 Å². The zero-order valence-corrected chi connectivity index (χ0v) is 12.1. The van der Waals surface area contributed by atoms with Gasteiger partial charge in [-0.25, -0.2) is 0 Å². The molecule has 4 nitrogen and oxygen atoms in total. The molecule has 0 radical (unpaired) electrons. The van der Waals surface area contributed by atoms with Crippen LogP contribution in [-0.2, 0) is 11.2 Å². The Balaban J connectivity index is 1.59. The number of likely N-dealkylation sites (tertiary alicyclic amines) is 1. The number of carbonyl (C=O) groups is 1. The molecule has 4 heteroatoms. The summed E-state index contributed by atoms with van der Waals surface area (Å²) in [6.07, 6.45) is 3.12. The number of hydrogen-bond acceptors (Lipinski definition) is 3. The Morgan fingerprint density at radius 3 is 3.10 bits per heavy atom. The second-order valence-electron chi connectivity index (χ2n) is 6.05. The van der Waals surface area contributed by atoms with Crippen LogP contribution in [0.2, 0.25) is 0 Å². The molecule has 1 aromatic rings. The van der Waals surface area contributed by atoms with Gasteiger partial charge in [0.2, 0.25) is 5.91 Å². The first-order valence-electron chi connectivity index (χ1n) is 7.53. The van der Waals surface area contributed by atoms with Crippen molar-refractivity contribution >= 4 is 11.6 Å². The summed E-state index contributed by atoms with van der Waals surface area (Å²) in [5, 5.41) is 6.60. The molecule has 1 fully saturated rings. The molecule has 0 spiro atoms. The van der Waals surface area contributed by atoms with Gasteiger partial charge < -0.3 is 15.5 Å². The number of piperidine rings is 1. The summed E-state index contributed by atoms with van der Waals surface area (Å²) in [7, 11) is 2.12. The van der Waals surface area contributed by atoms with E-state index in [1.165, 1.54) is 17.7 Å². The Labute approximate surface area is 120 Å². The third-order valence-electron chi connectivity index (χ3n) is 4.36. The maximum Gasteiger partial charge on any atom is 0.225 e. The topological polar surface area (TPSA) is 44.4 Å². The maximum absolute atomic E-state index is 12.4. The van der Waals surface area contributed by atoms with Gasteiger partial charge in [-0.05, 0) is 44.5 Å². The van der Waals surface area contributed by atoms with Gasteiger partial charge >= 0.3 is 0 Å². The number of amides is 1. The van der Waals surface area contributed by atoms with Gasteiger partial charge in [0, 0.05) is 24.8 Å². The number of benzene rings is 1. The van der Waals surface area contributed by atoms with Crippen LogP contribution in [0.15, 0.2) is 24.3 Å². The number of nitrogens with one attached hydrogen (secondary N) is 2. The SMILES string of the molecule is CN1CCCC(NC(=O)C2CNc3ccccc3C2)C1. The van der Waals surface area contributed by atoms with Gasteiger partial charge in [-0.2, -0.15) is 0 Å². The van der Waals surface area contributed by atoms with Crippen LogP contribution < -0.4 is 10.6 Å². The molecular weight excluding hydrogens is 250 g/mol. The molecule has 0 aliphatic carbocycles. The predicted octanol–water partition coefficient (Wildman–Crippen LogP) is 1.48.